The summed E-state index contributed by atoms with van der Waals surface area (Å²) in [5, 5.41) is 3.65. The third-order valence-corrected chi connectivity index (χ3v) is 4.90. The van der Waals surface area contributed by atoms with Crippen molar-refractivity contribution >= 4 is 17.2 Å². The van der Waals surface area contributed by atoms with Crippen molar-refractivity contribution in [3.05, 3.63) is 75.5 Å². The molecule has 0 fully saturated rings. The Bertz CT molecular complexity index is 903. The third-order valence-electron chi connectivity index (χ3n) is 3.91. The Labute approximate surface area is 160 Å². The van der Waals surface area contributed by atoms with Gasteiger partial charge in [-0.3, -0.25) is 4.79 Å². The second-order valence-corrected chi connectivity index (χ2v) is 7.01. The molecule has 1 aromatic heterocycles. The molecule has 0 spiro atoms. The highest BCUT2D eigenvalue weighted by Gasteiger charge is 2.11. The average Bonchev–Trinajstić information content (AvgIpc) is 3.14. The Morgan fingerprint density at radius 3 is 2.41 bits per heavy atom. The number of hydrogen-bond donors (Lipinski definition) is 1. The number of amides is 1. The zero-order chi connectivity index (χ0) is 19.2. The van der Waals surface area contributed by atoms with Crippen LogP contribution in [0.2, 0.25) is 0 Å². The number of rotatable bonds is 7. The lowest BCUT2D eigenvalue weighted by Crippen LogP contribution is -2.22. The number of hydrogen-bond acceptors (Lipinski definition) is 5. The molecule has 7 heteroatoms. The van der Waals surface area contributed by atoms with Gasteiger partial charge < -0.3 is 14.8 Å². The van der Waals surface area contributed by atoms with Gasteiger partial charge in [0, 0.05) is 29.1 Å². The lowest BCUT2D eigenvalue weighted by Gasteiger charge is -2.08. The molecule has 0 atom stereocenters. The van der Waals surface area contributed by atoms with Crippen LogP contribution in [0.1, 0.15) is 25.8 Å². The Morgan fingerprint density at radius 1 is 1.11 bits per heavy atom. The van der Waals surface area contributed by atoms with Crippen LogP contribution in [0.15, 0.2) is 48.7 Å². The van der Waals surface area contributed by atoms with Crippen LogP contribution in [0.5, 0.6) is 11.5 Å². The summed E-state index contributed by atoms with van der Waals surface area (Å²) in [6.07, 6.45) is 2.46. The van der Waals surface area contributed by atoms with E-state index in [2.05, 4.69) is 10.3 Å². The Hall–Kier alpha value is -2.93. The molecule has 1 heterocycles. The molecular formula is C20H19FN2O3S. The van der Waals surface area contributed by atoms with E-state index >= 15 is 0 Å². The maximum Gasteiger partial charge on any atom is 0.251 e. The molecule has 1 amide bonds. The molecule has 0 aliphatic carbocycles. The molecule has 0 aliphatic rings. The van der Waals surface area contributed by atoms with Gasteiger partial charge in [-0.05, 0) is 29.8 Å². The van der Waals surface area contributed by atoms with Crippen LogP contribution in [0.4, 0.5) is 4.39 Å². The summed E-state index contributed by atoms with van der Waals surface area (Å²) in [4.78, 5) is 17.8. The van der Waals surface area contributed by atoms with Gasteiger partial charge in [-0.2, -0.15) is 0 Å². The van der Waals surface area contributed by atoms with Crippen molar-refractivity contribution < 1.29 is 18.7 Å². The third kappa shape index (κ3) is 5.04. The van der Waals surface area contributed by atoms with Crippen molar-refractivity contribution in [1.29, 1.82) is 0 Å². The monoisotopic (exact) mass is 386 g/mol. The molecule has 3 rings (SSSR count). The van der Waals surface area contributed by atoms with E-state index in [9.17, 15) is 9.18 Å². The minimum Gasteiger partial charge on any atom is -0.497 e. The van der Waals surface area contributed by atoms with E-state index < -0.39 is 0 Å². The summed E-state index contributed by atoms with van der Waals surface area (Å²) < 4.78 is 23.3. The Balaban J connectivity index is 1.61. The van der Waals surface area contributed by atoms with Crippen molar-refractivity contribution in [2.45, 2.75) is 13.0 Å². The van der Waals surface area contributed by atoms with Gasteiger partial charge in [0.1, 0.15) is 22.3 Å². The largest absolute Gasteiger partial charge is 0.497 e. The number of carbonyl (C=O) groups excluding carboxylic acids is 1. The predicted octanol–water partition coefficient (Wildman–Crippen LogP) is 3.82. The van der Waals surface area contributed by atoms with Gasteiger partial charge in [-0.15, -0.1) is 11.3 Å². The molecule has 0 radical (unpaired) electrons. The fourth-order valence-corrected chi connectivity index (χ4v) is 3.41. The van der Waals surface area contributed by atoms with Gasteiger partial charge in [0.15, 0.2) is 0 Å². The summed E-state index contributed by atoms with van der Waals surface area (Å²) in [7, 11) is 3.07. The minimum absolute atomic E-state index is 0.234. The predicted molar refractivity (Wildman–Crippen MR) is 102 cm³/mol. The van der Waals surface area contributed by atoms with Gasteiger partial charge >= 0.3 is 0 Å². The quantitative estimate of drug-likeness (QED) is 0.671. The van der Waals surface area contributed by atoms with Crippen LogP contribution in [-0.4, -0.2) is 25.1 Å². The summed E-state index contributed by atoms with van der Waals surface area (Å²) >= 11 is 1.52. The zero-order valence-corrected chi connectivity index (χ0v) is 15.8. The summed E-state index contributed by atoms with van der Waals surface area (Å²) in [5.41, 5.74) is 1.47. The van der Waals surface area contributed by atoms with Gasteiger partial charge in [0.2, 0.25) is 0 Å². The van der Waals surface area contributed by atoms with Crippen molar-refractivity contribution in [1.82, 2.24) is 10.3 Å². The molecule has 2 aromatic carbocycles. The minimum atomic E-state index is -0.249. The maximum atomic E-state index is 13.0. The van der Waals surface area contributed by atoms with Crippen LogP contribution in [0, 0.1) is 5.82 Å². The number of methoxy groups -OCH3 is 2. The number of nitrogens with zero attached hydrogens (tertiary/aromatic N) is 1. The number of benzene rings is 2. The van der Waals surface area contributed by atoms with E-state index in [0.29, 0.717) is 30.0 Å². The lowest BCUT2D eigenvalue weighted by molar-refractivity contribution is 0.0950. The maximum absolute atomic E-state index is 13.0. The molecule has 0 unspecified atom stereocenters. The first kappa shape index (κ1) is 18.8. The van der Waals surface area contributed by atoms with Gasteiger partial charge in [0.25, 0.3) is 5.91 Å². The number of halogens is 1. The fraction of sp³-hybridized carbons (Fsp3) is 0.200. The number of aromatic nitrogens is 1. The molecule has 0 bridgehead atoms. The first-order valence-corrected chi connectivity index (χ1v) is 9.08. The second kappa shape index (κ2) is 8.64. The first-order chi connectivity index (χ1) is 13.1. The molecule has 27 heavy (non-hydrogen) atoms. The number of ether oxygens (including phenoxy) is 2. The van der Waals surface area contributed by atoms with E-state index in [4.69, 9.17) is 9.47 Å². The van der Waals surface area contributed by atoms with Crippen LogP contribution in [0.3, 0.4) is 0 Å². The van der Waals surface area contributed by atoms with E-state index in [1.807, 2.05) is 0 Å². The van der Waals surface area contributed by atoms with E-state index in [1.165, 1.54) is 37.7 Å². The first-order valence-electron chi connectivity index (χ1n) is 8.26. The molecule has 3 aromatic rings. The highest BCUT2D eigenvalue weighted by molar-refractivity contribution is 7.11. The van der Waals surface area contributed by atoms with Crippen molar-refractivity contribution in [3.8, 4) is 11.5 Å². The summed E-state index contributed by atoms with van der Waals surface area (Å²) in [6, 6.07) is 11.4. The summed E-state index contributed by atoms with van der Waals surface area (Å²) in [6.45, 7) is 0.326. The van der Waals surface area contributed by atoms with Crippen molar-refractivity contribution in [3.63, 3.8) is 0 Å². The Morgan fingerprint density at radius 2 is 1.78 bits per heavy atom. The van der Waals surface area contributed by atoms with Crippen LogP contribution >= 0.6 is 11.3 Å². The highest BCUT2D eigenvalue weighted by atomic mass is 32.1. The lowest BCUT2D eigenvalue weighted by atomic mass is 10.1. The van der Waals surface area contributed by atoms with Crippen molar-refractivity contribution in [2.24, 2.45) is 0 Å². The molecule has 0 saturated carbocycles. The standard InChI is InChI=1S/C20H19FN2O3S/c1-25-16-8-14(9-17(10-16)26-2)20(24)23-12-19-22-11-18(27-19)7-13-3-5-15(21)6-4-13/h3-6,8-11H,7,12H2,1-2H3,(H,23,24). The van der Waals surface area contributed by atoms with Crippen LogP contribution < -0.4 is 14.8 Å². The topological polar surface area (TPSA) is 60.5 Å². The number of nitrogens with one attached hydrogen (secondary N) is 1. The molecule has 140 valence electrons. The molecular weight excluding hydrogens is 367 g/mol. The Kier molecular flexibility index (Phi) is 6.03. The SMILES string of the molecule is COc1cc(OC)cc(C(=O)NCc2ncc(Cc3ccc(F)cc3)s2)c1. The van der Waals surface area contributed by atoms with Crippen molar-refractivity contribution in [2.75, 3.05) is 14.2 Å². The number of carbonyl (C=O) groups is 1. The van der Waals surface area contributed by atoms with E-state index in [0.717, 1.165) is 15.4 Å². The molecule has 5 nitrogen and oxygen atoms in total. The average molecular weight is 386 g/mol. The van der Waals surface area contributed by atoms with E-state index in [1.54, 1.807) is 36.5 Å². The fourth-order valence-electron chi connectivity index (χ4n) is 2.51. The van der Waals surface area contributed by atoms with Gasteiger partial charge in [0.05, 0.1) is 20.8 Å². The normalized spacial score (nSPS) is 10.5. The summed E-state index contributed by atoms with van der Waals surface area (Å²) in [5.74, 6) is 0.619. The molecule has 0 aliphatic heterocycles. The van der Waals surface area contributed by atoms with Crippen LogP contribution in [-0.2, 0) is 13.0 Å². The van der Waals surface area contributed by atoms with Gasteiger partial charge in [-0.25, -0.2) is 9.37 Å². The highest BCUT2D eigenvalue weighted by Crippen LogP contribution is 2.23. The zero-order valence-electron chi connectivity index (χ0n) is 15.0. The van der Waals surface area contributed by atoms with Gasteiger partial charge in [-0.1, -0.05) is 12.1 Å². The number of thiazole rings is 1. The van der Waals surface area contributed by atoms with Crippen LogP contribution in [0.25, 0.3) is 0 Å². The smallest absolute Gasteiger partial charge is 0.251 e. The second-order valence-electron chi connectivity index (χ2n) is 5.81. The van der Waals surface area contributed by atoms with E-state index in [-0.39, 0.29) is 11.7 Å². The molecule has 1 N–H and O–H groups in total. The molecule has 0 saturated heterocycles.